The van der Waals surface area contributed by atoms with Gasteiger partial charge in [0.05, 0.1) is 11.5 Å². The van der Waals surface area contributed by atoms with Crippen molar-refractivity contribution in [3.05, 3.63) is 17.6 Å². The molecule has 1 saturated heterocycles. The van der Waals surface area contributed by atoms with Crippen LogP contribution in [0.1, 0.15) is 43.4 Å². The standard InChI is InChI=1S/C14H21N3O2S/c18-20(19)8-4-5-11(9-20)17-14-12-6-2-1-3-7-13(12)15-10-16-14/h10-11H,1-9H2,(H,15,16,17). The predicted octanol–water partition coefficient (Wildman–Crippen LogP) is 1.73. The van der Waals surface area contributed by atoms with E-state index in [0.29, 0.717) is 5.75 Å². The predicted molar refractivity (Wildman–Crippen MR) is 78.6 cm³/mol. The molecule has 0 radical (unpaired) electrons. The Hall–Kier alpha value is -1.17. The van der Waals surface area contributed by atoms with Gasteiger partial charge in [0, 0.05) is 17.3 Å². The Balaban J connectivity index is 1.80. The summed E-state index contributed by atoms with van der Waals surface area (Å²) in [5.41, 5.74) is 2.34. The van der Waals surface area contributed by atoms with Crippen molar-refractivity contribution in [1.29, 1.82) is 0 Å². The molecular weight excluding hydrogens is 274 g/mol. The van der Waals surface area contributed by atoms with E-state index >= 15 is 0 Å². The first kappa shape index (κ1) is 13.8. The summed E-state index contributed by atoms with van der Waals surface area (Å²) in [4.78, 5) is 8.75. The van der Waals surface area contributed by atoms with Gasteiger partial charge in [-0.2, -0.15) is 0 Å². The molecule has 1 unspecified atom stereocenters. The Morgan fingerprint density at radius 3 is 2.80 bits per heavy atom. The van der Waals surface area contributed by atoms with E-state index in [1.165, 1.54) is 18.4 Å². The number of hydrogen-bond donors (Lipinski definition) is 1. The Labute approximate surface area is 120 Å². The molecule has 0 amide bonds. The van der Waals surface area contributed by atoms with Crippen LogP contribution in [0.15, 0.2) is 6.33 Å². The van der Waals surface area contributed by atoms with Gasteiger partial charge in [-0.25, -0.2) is 18.4 Å². The molecule has 1 aliphatic heterocycles. The van der Waals surface area contributed by atoms with Crippen molar-refractivity contribution in [3.8, 4) is 0 Å². The second-order valence-corrected chi connectivity index (χ2v) is 8.03. The van der Waals surface area contributed by atoms with E-state index in [9.17, 15) is 8.42 Å². The van der Waals surface area contributed by atoms with Crippen molar-refractivity contribution in [2.45, 2.75) is 51.0 Å². The first-order valence-electron chi connectivity index (χ1n) is 7.44. The topological polar surface area (TPSA) is 72.0 Å². The zero-order valence-corrected chi connectivity index (χ0v) is 12.5. The van der Waals surface area contributed by atoms with Crippen molar-refractivity contribution in [2.75, 3.05) is 16.8 Å². The van der Waals surface area contributed by atoms with Crippen LogP contribution in [0.4, 0.5) is 5.82 Å². The highest BCUT2D eigenvalue weighted by molar-refractivity contribution is 7.91. The van der Waals surface area contributed by atoms with Crippen molar-refractivity contribution >= 4 is 15.7 Å². The van der Waals surface area contributed by atoms with Gasteiger partial charge in [-0.05, 0) is 38.5 Å². The van der Waals surface area contributed by atoms with Crippen LogP contribution in [-0.2, 0) is 22.7 Å². The van der Waals surface area contributed by atoms with Gasteiger partial charge in [0.15, 0.2) is 9.84 Å². The molecule has 1 aliphatic carbocycles. The highest BCUT2D eigenvalue weighted by Crippen LogP contribution is 2.25. The Bertz CT molecular complexity index is 586. The largest absolute Gasteiger partial charge is 0.366 e. The van der Waals surface area contributed by atoms with Gasteiger partial charge in [-0.3, -0.25) is 0 Å². The van der Waals surface area contributed by atoms with E-state index in [1.807, 2.05) is 0 Å². The molecule has 1 aromatic rings. The zero-order valence-electron chi connectivity index (χ0n) is 11.6. The van der Waals surface area contributed by atoms with Crippen molar-refractivity contribution < 1.29 is 8.42 Å². The fourth-order valence-electron chi connectivity index (χ4n) is 3.15. The van der Waals surface area contributed by atoms with E-state index < -0.39 is 9.84 Å². The molecule has 1 N–H and O–H groups in total. The minimum atomic E-state index is -2.89. The van der Waals surface area contributed by atoms with E-state index in [1.54, 1.807) is 6.33 Å². The van der Waals surface area contributed by atoms with Crippen LogP contribution in [-0.4, -0.2) is 35.9 Å². The summed E-state index contributed by atoms with van der Waals surface area (Å²) in [7, 11) is -2.89. The molecule has 3 rings (SSSR count). The molecule has 2 heterocycles. The van der Waals surface area contributed by atoms with E-state index in [4.69, 9.17) is 0 Å². The first-order chi connectivity index (χ1) is 9.64. The van der Waals surface area contributed by atoms with Gasteiger partial charge in [-0.1, -0.05) is 6.42 Å². The van der Waals surface area contributed by atoms with Gasteiger partial charge in [-0.15, -0.1) is 0 Å². The zero-order chi connectivity index (χ0) is 14.0. The number of nitrogens with zero attached hydrogens (tertiary/aromatic N) is 2. The lowest BCUT2D eigenvalue weighted by Gasteiger charge is -2.24. The van der Waals surface area contributed by atoms with Gasteiger partial charge < -0.3 is 5.32 Å². The lowest BCUT2D eigenvalue weighted by Crippen LogP contribution is -2.35. The van der Waals surface area contributed by atoms with E-state index in [2.05, 4.69) is 15.3 Å². The molecule has 1 atom stereocenters. The van der Waals surface area contributed by atoms with Crippen LogP contribution in [0.3, 0.4) is 0 Å². The molecule has 5 nitrogen and oxygen atoms in total. The van der Waals surface area contributed by atoms with Gasteiger partial charge in [0.1, 0.15) is 12.1 Å². The average molecular weight is 295 g/mol. The van der Waals surface area contributed by atoms with Crippen LogP contribution in [0.25, 0.3) is 0 Å². The second kappa shape index (κ2) is 5.68. The van der Waals surface area contributed by atoms with Crippen molar-refractivity contribution in [2.24, 2.45) is 0 Å². The highest BCUT2D eigenvalue weighted by Gasteiger charge is 2.26. The smallest absolute Gasteiger partial charge is 0.152 e. The molecule has 0 bridgehead atoms. The fourth-order valence-corrected chi connectivity index (χ4v) is 4.79. The van der Waals surface area contributed by atoms with Crippen LogP contribution in [0, 0.1) is 0 Å². The number of fused-ring (bicyclic) bond motifs is 1. The third-order valence-corrected chi connectivity index (χ3v) is 6.00. The van der Waals surface area contributed by atoms with Gasteiger partial charge >= 0.3 is 0 Å². The van der Waals surface area contributed by atoms with Crippen LogP contribution in [0.5, 0.6) is 0 Å². The summed E-state index contributed by atoms with van der Waals surface area (Å²) < 4.78 is 23.4. The molecule has 0 saturated carbocycles. The minimum absolute atomic E-state index is 0.00370. The third-order valence-electron chi connectivity index (χ3n) is 4.18. The number of rotatable bonds is 2. The number of aromatic nitrogens is 2. The summed E-state index contributed by atoms with van der Waals surface area (Å²) in [5, 5.41) is 3.36. The average Bonchev–Trinajstić information content (AvgIpc) is 2.63. The van der Waals surface area contributed by atoms with Crippen LogP contribution < -0.4 is 5.32 Å². The molecule has 0 aromatic carbocycles. The Morgan fingerprint density at radius 1 is 1.10 bits per heavy atom. The first-order valence-corrected chi connectivity index (χ1v) is 9.26. The number of sulfone groups is 1. The lowest BCUT2D eigenvalue weighted by atomic mass is 10.1. The summed E-state index contributed by atoms with van der Waals surface area (Å²) in [6, 6.07) is -0.00370. The molecule has 6 heteroatoms. The summed E-state index contributed by atoms with van der Waals surface area (Å²) >= 11 is 0. The fraction of sp³-hybridized carbons (Fsp3) is 0.714. The normalized spacial score (nSPS) is 25.5. The number of anilines is 1. The van der Waals surface area contributed by atoms with E-state index in [-0.39, 0.29) is 11.8 Å². The molecule has 2 aliphatic rings. The van der Waals surface area contributed by atoms with Gasteiger partial charge in [0.2, 0.25) is 0 Å². The second-order valence-electron chi connectivity index (χ2n) is 5.81. The maximum Gasteiger partial charge on any atom is 0.152 e. The Kier molecular flexibility index (Phi) is 3.92. The van der Waals surface area contributed by atoms with Crippen molar-refractivity contribution in [3.63, 3.8) is 0 Å². The maximum absolute atomic E-state index is 11.7. The summed E-state index contributed by atoms with van der Waals surface area (Å²) in [6.45, 7) is 0. The molecule has 110 valence electrons. The van der Waals surface area contributed by atoms with Crippen LogP contribution >= 0.6 is 0 Å². The summed E-state index contributed by atoms with van der Waals surface area (Å²) in [6.07, 6.45) is 8.83. The highest BCUT2D eigenvalue weighted by atomic mass is 32.2. The summed E-state index contributed by atoms with van der Waals surface area (Å²) in [5.74, 6) is 1.41. The number of nitrogens with one attached hydrogen (secondary N) is 1. The van der Waals surface area contributed by atoms with Crippen LogP contribution in [0.2, 0.25) is 0 Å². The molecule has 20 heavy (non-hydrogen) atoms. The number of hydrogen-bond acceptors (Lipinski definition) is 5. The number of aryl methyl sites for hydroxylation is 1. The lowest BCUT2D eigenvalue weighted by molar-refractivity contribution is 0.561. The minimum Gasteiger partial charge on any atom is -0.366 e. The Morgan fingerprint density at radius 2 is 1.95 bits per heavy atom. The molecule has 1 aromatic heterocycles. The maximum atomic E-state index is 11.7. The third kappa shape index (κ3) is 3.11. The van der Waals surface area contributed by atoms with Crippen molar-refractivity contribution in [1.82, 2.24) is 9.97 Å². The molecular formula is C14H21N3O2S. The quantitative estimate of drug-likeness (QED) is 0.841. The van der Waals surface area contributed by atoms with E-state index in [0.717, 1.165) is 43.6 Å². The monoisotopic (exact) mass is 295 g/mol. The molecule has 1 fully saturated rings. The SMILES string of the molecule is O=S1(=O)CCCC(Nc2ncnc3c2CCCCC3)C1. The molecule has 0 spiro atoms. The van der Waals surface area contributed by atoms with Gasteiger partial charge in [0.25, 0.3) is 0 Å².